The Bertz CT molecular complexity index is 399. The molecule has 0 amide bonds. The van der Waals surface area contributed by atoms with Crippen LogP contribution in [0.15, 0.2) is 0 Å². The highest BCUT2D eigenvalue weighted by Crippen LogP contribution is 2.43. The van der Waals surface area contributed by atoms with Crippen molar-refractivity contribution in [3.05, 3.63) is 15.6 Å². The summed E-state index contributed by atoms with van der Waals surface area (Å²) in [6.07, 6.45) is 9.03. The SMILES string of the molecule is CCC1CCC(c2nc3c(s2)CCCC3N)C1. The highest BCUT2D eigenvalue weighted by Gasteiger charge is 2.29. The van der Waals surface area contributed by atoms with Gasteiger partial charge in [-0.3, -0.25) is 0 Å². The Hall–Kier alpha value is -0.410. The molecular weight excluding hydrogens is 228 g/mol. The number of thiazole rings is 1. The van der Waals surface area contributed by atoms with Crippen LogP contribution in [-0.4, -0.2) is 4.98 Å². The predicted octanol–water partition coefficient (Wildman–Crippen LogP) is 3.77. The first-order valence-corrected chi connectivity index (χ1v) is 7.84. The van der Waals surface area contributed by atoms with E-state index in [2.05, 4.69) is 6.92 Å². The average molecular weight is 250 g/mol. The van der Waals surface area contributed by atoms with Crippen molar-refractivity contribution in [1.29, 1.82) is 0 Å². The quantitative estimate of drug-likeness (QED) is 0.867. The number of rotatable bonds is 2. The fourth-order valence-electron chi connectivity index (χ4n) is 3.32. The Morgan fingerprint density at radius 2 is 2.24 bits per heavy atom. The van der Waals surface area contributed by atoms with E-state index in [0.717, 1.165) is 18.3 Å². The van der Waals surface area contributed by atoms with Crippen molar-refractivity contribution in [2.45, 2.75) is 63.8 Å². The van der Waals surface area contributed by atoms with E-state index in [9.17, 15) is 0 Å². The molecule has 2 nitrogen and oxygen atoms in total. The van der Waals surface area contributed by atoms with Gasteiger partial charge in [0.2, 0.25) is 0 Å². The zero-order chi connectivity index (χ0) is 11.8. The fourth-order valence-corrected chi connectivity index (χ4v) is 4.64. The maximum atomic E-state index is 6.16. The van der Waals surface area contributed by atoms with Crippen molar-refractivity contribution in [2.24, 2.45) is 11.7 Å². The third kappa shape index (κ3) is 2.15. The molecule has 1 saturated carbocycles. The van der Waals surface area contributed by atoms with Gasteiger partial charge in [0.15, 0.2) is 0 Å². The van der Waals surface area contributed by atoms with Crippen LogP contribution in [0, 0.1) is 5.92 Å². The van der Waals surface area contributed by atoms with Gasteiger partial charge in [-0.15, -0.1) is 11.3 Å². The second-order valence-electron chi connectivity index (χ2n) is 5.64. The number of fused-ring (bicyclic) bond motifs is 1. The number of aryl methyl sites for hydroxylation is 1. The molecule has 2 aliphatic rings. The van der Waals surface area contributed by atoms with Gasteiger partial charge in [0.1, 0.15) is 0 Å². The van der Waals surface area contributed by atoms with E-state index in [-0.39, 0.29) is 6.04 Å². The van der Waals surface area contributed by atoms with E-state index in [0.29, 0.717) is 0 Å². The van der Waals surface area contributed by atoms with Gasteiger partial charge in [-0.25, -0.2) is 4.98 Å². The summed E-state index contributed by atoms with van der Waals surface area (Å²) in [5.74, 6) is 1.68. The number of nitrogens with two attached hydrogens (primary N) is 1. The Morgan fingerprint density at radius 3 is 2.94 bits per heavy atom. The normalized spacial score (nSPS) is 32.7. The van der Waals surface area contributed by atoms with Crippen LogP contribution < -0.4 is 5.73 Å². The average Bonchev–Trinajstić information content (AvgIpc) is 2.95. The van der Waals surface area contributed by atoms with E-state index in [1.165, 1.54) is 54.1 Å². The third-order valence-electron chi connectivity index (χ3n) is 4.48. The zero-order valence-corrected chi connectivity index (χ0v) is 11.4. The van der Waals surface area contributed by atoms with Gasteiger partial charge in [0, 0.05) is 16.8 Å². The fraction of sp³-hybridized carbons (Fsp3) is 0.786. The molecule has 3 unspecified atom stereocenters. The molecule has 2 N–H and O–H groups in total. The van der Waals surface area contributed by atoms with Crippen molar-refractivity contribution < 1.29 is 0 Å². The van der Waals surface area contributed by atoms with Crippen LogP contribution in [-0.2, 0) is 6.42 Å². The smallest absolute Gasteiger partial charge is 0.0962 e. The van der Waals surface area contributed by atoms with Crippen molar-refractivity contribution in [1.82, 2.24) is 4.98 Å². The van der Waals surface area contributed by atoms with Crippen LogP contribution in [0.3, 0.4) is 0 Å². The minimum absolute atomic E-state index is 0.215. The van der Waals surface area contributed by atoms with E-state index in [4.69, 9.17) is 10.7 Å². The summed E-state index contributed by atoms with van der Waals surface area (Å²) in [5, 5.41) is 1.39. The number of aromatic nitrogens is 1. The van der Waals surface area contributed by atoms with Crippen molar-refractivity contribution in [2.75, 3.05) is 0 Å². The summed E-state index contributed by atoms with van der Waals surface area (Å²) in [6.45, 7) is 2.32. The minimum Gasteiger partial charge on any atom is -0.323 e. The molecule has 94 valence electrons. The second-order valence-corrected chi connectivity index (χ2v) is 6.76. The van der Waals surface area contributed by atoms with E-state index in [1.54, 1.807) is 0 Å². The summed E-state index contributed by atoms with van der Waals surface area (Å²) in [7, 11) is 0. The van der Waals surface area contributed by atoms with Gasteiger partial charge in [-0.05, 0) is 44.4 Å². The first kappa shape index (κ1) is 11.7. The highest BCUT2D eigenvalue weighted by molar-refractivity contribution is 7.11. The standard InChI is InChI=1S/C14H22N2S/c1-2-9-6-7-10(8-9)14-16-13-11(15)4-3-5-12(13)17-14/h9-11H,2-8,15H2,1H3. The maximum Gasteiger partial charge on any atom is 0.0962 e. The Labute approximate surface area is 108 Å². The van der Waals surface area contributed by atoms with E-state index < -0.39 is 0 Å². The third-order valence-corrected chi connectivity index (χ3v) is 5.78. The lowest BCUT2D eigenvalue weighted by atomic mass is 9.98. The van der Waals surface area contributed by atoms with Crippen LogP contribution in [0.2, 0.25) is 0 Å². The van der Waals surface area contributed by atoms with Crippen molar-refractivity contribution >= 4 is 11.3 Å². The molecule has 3 atom stereocenters. The van der Waals surface area contributed by atoms with E-state index >= 15 is 0 Å². The summed E-state index contributed by atoms with van der Waals surface area (Å²) in [5.41, 5.74) is 7.39. The van der Waals surface area contributed by atoms with Crippen LogP contribution in [0.1, 0.15) is 73.0 Å². The van der Waals surface area contributed by atoms with Crippen molar-refractivity contribution in [3.8, 4) is 0 Å². The van der Waals surface area contributed by atoms with Gasteiger partial charge in [0.05, 0.1) is 10.7 Å². The molecule has 0 saturated heterocycles. The Balaban J connectivity index is 1.80. The zero-order valence-electron chi connectivity index (χ0n) is 10.6. The lowest BCUT2D eigenvalue weighted by Gasteiger charge is -2.15. The second kappa shape index (κ2) is 4.69. The number of nitrogens with zero attached hydrogens (tertiary/aromatic N) is 1. The van der Waals surface area contributed by atoms with Crippen LogP contribution in [0.25, 0.3) is 0 Å². The summed E-state index contributed by atoms with van der Waals surface area (Å²) in [4.78, 5) is 6.36. The summed E-state index contributed by atoms with van der Waals surface area (Å²) >= 11 is 1.96. The monoisotopic (exact) mass is 250 g/mol. The molecule has 1 aromatic heterocycles. The highest BCUT2D eigenvalue weighted by atomic mass is 32.1. The molecule has 0 spiro atoms. The van der Waals surface area contributed by atoms with Gasteiger partial charge >= 0.3 is 0 Å². The first-order chi connectivity index (χ1) is 8.28. The van der Waals surface area contributed by atoms with Gasteiger partial charge < -0.3 is 5.73 Å². The molecule has 1 aromatic rings. The molecule has 3 rings (SSSR count). The molecule has 0 radical (unpaired) electrons. The van der Waals surface area contributed by atoms with Crippen molar-refractivity contribution in [3.63, 3.8) is 0 Å². The Kier molecular flexibility index (Phi) is 3.22. The summed E-state index contributed by atoms with van der Waals surface area (Å²) in [6, 6.07) is 0.215. The Morgan fingerprint density at radius 1 is 1.35 bits per heavy atom. The predicted molar refractivity (Wildman–Crippen MR) is 72.4 cm³/mol. The molecule has 0 bridgehead atoms. The van der Waals surface area contributed by atoms with Crippen LogP contribution in [0.4, 0.5) is 0 Å². The molecule has 3 heteroatoms. The largest absolute Gasteiger partial charge is 0.323 e. The van der Waals surface area contributed by atoms with E-state index in [1.807, 2.05) is 11.3 Å². The van der Waals surface area contributed by atoms with Crippen LogP contribution in [0.5, 0.6) is 0 Å². The number of hydrogen-bond acceptors (Lipinski definition) is 3. The molecular formula is C14H22N2S. The molecule has 17 heavy (non-hydrogen) atoms. The first-order valence-electron chi connectivity index (χ1n) is 7.03. The lowest BCUT2D eigenvalue weighted by Crippen LogP contribution is -2.16. The molecule has 1 heterocycles. The van der Waals surface area contributed by atoms with Gasteiger partial charge in [-0.2, -0.15) is 0 Å². The molecule has 0 aromatic carbocycles. The summed E-state index contributed by atoms with van der Waals surface area (Å²) < 4.78 is 0. The number of hydrogen-bond donors (Lipinski definition) is 1. The van der Waals surface area contributed by atoms with Gasteiger partial charge in [-0.1, -0.05) is 13.3 Å². The molecule has 2 aliphatic carbocycles. The van der Waals surface area contributed by atoms with Crippen LogP contribution >= 0.6 is 11.3 Å². The molecule has 1 fully saturated rings. The maximum absolute atomic E-state index is 6.16. The lowest BCUT2D eigenvalue weighted by molar-refractivity contribution is 0.519. The minimum atomic E-state index is 0.215. The topological polar surface area (TPSA) is 38.9 Å². The van der Waals surface area contributed by atoms with Gasteiger partial charge in [0.25, 0.3) is 0 Å². The molecule has 0 aliphatic heterocycles.